The second-order valence-electron chi connectivity index (χ2n) is 4.94. The molecule has 0 spiro atoms. The van der Waals surface area contributed by atoms with Crippen molar-refractivity contribution in [2.24, 2.45) is 0 Å². The first-order chi connectivity index (χ1) is 9.58. The van der Waals surface area contributed by atoms with Gasteiger partial charge in [-0.05, 0) is 31.9 Å². The highest BCUT2D eigenvalue weighted by molar-refractivity contribution is 5.35. The number of benzene rings is 1. The Balaban J connectivity index is 2.26. The fraction of sp³-hybridized carbons (Fsp3) is 0.438. The lowest BCUT2D eigenvalue weighted by molar-refractivity contribution is 0.147. The number of nitrogens with zero attached hydrogens (tertiary/aromatic N) is 2. The van der Waals surface area contributed by atoms with Crippen LogP contribution in [0.25, 0.3) is 0 Å². The zero-order valence-corrected chi connectivity index (χ0v) is 12.6. The van der Waals surface area contributed by atoms with E-state index < -0.39 is 6.10 Å². The average Bonchev–Trinajstić information content (AvgIpc) is 2.72. The summed E-state index contributed by atoms with van der Waals surface area (Å²) in [6, 6.07) is 7.54. The summed E-state index contributed by atoms with van der Waals surface area (Å²) in [5, 5.41) is 15.0. The molecule has 0 amide bonds. The second-order valence-corrected chi connectivity index (χ2v) is 4.94. The van der Waals surface area contributed by atoms with Crippen molar-refractivity contribution in [3.8, 4) is 5.75 Å². The summed E-state index contributed by atoms with van der Waals surface area (Å²) in [5.74, 6) is 0.706. The molecule has 1 aromatic heterocycles. The highest BCUT2D eigenvalue weighted by atomic mass is 16.5. The van der Waals surface area contributed by atoms with Crippen LogP contribution in [0.2, 0.25) is 0 Å². The van der Waals surface area contributed by atoms with Gasteiger partial charge in [0.05, 0.1) is 19.3 Å². The molecule has 4 nitrogen and oxygen atoms in total. The van der Waals surface area contributed by atoms with E-state index in [0.29, 0.717) is 12.3 Å². The Morgan fingerprint density at radius 1 is 1.30 bits per heavy atom. The number of para-hydroxylation sites is 1. The Morgan fingerprint density at radius 2 is 2.00 bits per heavy atom. The molecule has 1 atom stereocenters. The van der Waals surface area contributed by atoms with E-state index in [1.54, 1.807) is 7.11 Å². The summed E-state index contributed by atoms with van der Waals surface area (Å²) in [5.41, 5.74) is 4.22. The minimum atomic E-state index is -0.631. The molecule has 0 saturated carbocycles. The minimum absolute atomic E-state index is 0.438. The molecule has 0 saturated heterocycles. The number of rotatable bonds is 5. The van der Waals surface area contributed by atoms with Crippen molar-refractivity contribution in [2.45, 2.75) is 39.8 Å². The average molecular weight is 274 g/mol. The molecule has 1 heterocycles. The molecule has 4 heteroatoms. The van der Waals surface area contributed by atoms with Crippen molar-refractivity contribution in [1.82, 2.24) is 9.78 Å². The van der Waals surface area contributed by atoms with Crippen molar-refractivity contribution in [3.05, 3.63) is 46.8 Å². The molecule has 1 unspecified atom stereocenters. The van der Waals surface area contributed by atoms with Crippen molar-refractivity contribution in [1.29, 1.82) is 0 Å². The molecule has 0 bridgehead atoms. The maximum Gasteiger partial charge on any atom is 0.124 e. The Hall–Kier alpha value is -1.81. The number of aliphatic hydroxyl groups is 1. The lowest BCUT2D eigenvalue weighted by Gasteiger charge is -2.15. The lowest BCUT2D eigenvalue weighted by atomic mass is 10.1. The molecule has 2 rings (SSSR count). The number of hydrogen-bond donors (Lipinski definition) is 1. The van der Waals surface area contributed by atoms with Crippen molar-refractivity contribution < 1.29 is 9.84 Å². The van der Waals surface area contributed by atoms with Crippen LogP contribution >= 0.6 is 0 Å². The van der Waals surface area contributed by atoms with Crippen molar-refractivity contribution in [2.75, 3.05) is 7.11 Å². The second kappa shape index (κ2) is 6.09. The van der Waals surface area contributed by atoms with Crippen LogP contribution in [0.5, 0.6) is 5.75 Å². The first-order valence-electron chi connectivity index (χ1n) is 6.92. The molecule has 2 aromatic rings. The van der Waals surface area contributed by atoms with Crippen LogP contribution in [0, 0.1) is 13.8 Å². The Kier molecular flexibility index (Phi) is 4.45. The van der Waals surface area contributed by atoms with Crippen LogP contribution in [0.15, 0.2) is 24.3 Å². The summed E-state index contributed by atoms with van der Waals surface area (Å²) in [6.45, 7) is 6.62. The molecule has 108 valence electrons. The van der Waals surface area contributed by atoms with Crippen LogP contribution in [0.4, 0.5) is 0 Å². The predicted octanol–water partition coefficient (Wildman–Crippen LogP) is 2.80. The maximum atomic E-state index is 10.4. The first kappa shape index (κ1) is 14.6. The van der Waals surface area contributed by atoms with Crippen LogP contribution in [0.1, 0.15) is 35.5 Å². The van der Waals surface area contributed by atoms with Crippen LogP contribution in [-0.2, 0) is 13.0 Å². The molecule has 20 heavy (non-hydrogen) atoms. The monoisotopic (exact) mass is 274 g/mol. The van der Waals surface area contributed by atoms with Gasteiger partial charge in [-0.2, -0.15) is 5.10 Å². The maximum absolute atomic E-state index is 10.4. The van der Waals surface area contributed by atoms with Crippen molar-refractivity contribution in [3.63, 3.8) is 0 Å². The largest absolute Gasteiger partial charge is 0.496 e. The van der Waals surface area contributed by atoms with Gasteiger partial charge in [0.25, 0.3) is 0 Å². The van der Waals surface area contributed by atoms with E-state index in [-0.39, 0.29) is 0 Å². The SMILES string of the molecule is CCc1c(C)nn(CC(O)c2ccccc2OC)c1C. The molecule has 0 fully saturated rings. The number of aryl methyl sites for hydroxylation is 1. The third kappa shape index (κ3) is 2.70. The van der Waals surface area contributed by atoms with E-state index in [4.69, 9.17) is 4.74 Å². The molecule has 0 radical (unpaired) electrons. The van der Waals surface area contributed by atoms with Gasteiger partial charge in [0.15, 0.2) is 0 Å². The van der Waals surface area contributed by atoms with Crippen molar-refractivity contribution >= 4 is 0 Å². The van der Waals surface area contributed by atoms with Gasteiger partial charge in [0.2, 0.25) is 0 Å². The Bertz CT molecular complexity index is 590. The molecular weight excluding hydrogens is 252 g/mol. The summed E-state index contributed by atoms with van der Waals surface area (Å²) < 4.78 is 7.18. The first-order valence-corrected chi connectivity index (χ1v) is 6.92. The standard InChI is InChI=1S/C16H22N2O2/c1-5-13-11(2)17-18(12(13)3)10-15(19)14-8-6-7-9-16(14)20-4/h6-9,15,19H,5,10H2,1-4H3. The van der Waals surface area contributed by atoms with Gasteiger partial charge < -0.3 is 9.84 Å². The van der Waals surface area contributed by atoms with Gasteiger partial charge in [-0.3, -0.25) is 4.68 Å². The number of hydrogen-bond acceptors (Lipinski definition) is 3. The van der Waals surface area contributed by atoms with E-state index >= 15 is 0 Å². The lowest BCUT2D eigenvalue weighted by Crippen LogP contribution is -2.12. The van der Waals surface area contributed by atoms with Gasteiger partial charge in [-0.1, -0.05) is 25.1 Å². The molecule has 0 aliphatic rings. The molecule has 1 aromatic carbocycles. The number of aromatic nitrogens is 2. The predicted molar refractivity (Wildman–Crippen MR) is 79.0 cm³/mol. The zero-order chi connectivity index (χ0) is 14.7. The van der Waals surface area contributed by atoms with Crippen LogP contribution in [0.3, 0.4) is 0 Å². The van der Waals surface area contributed by atoms with Gasteiger partial charge in [0.1, 0.15) is 11.9 Å². The summed E-state index contributed by atoms with van der Waals surface area (Å²) in [6.07, 6.45) is 0.330. The normalized spacial score (nSPS) is 12.4. The van der Waals surface area contributed by atoms with E-state index in [2.05, 4.69) is 12.0 Å². The number of aliphatic hydroxyl groups excluding tert-OH is 1. The van der Waals surface area contributed by atoms with Crippen LogP contribution in [-0.4, -0.2) is 22.0 Å². The zero-order valence-electron chi connectivity index (χ0n) is 12.6. The number of ether oxygens (including phenoxy) is 1. The summed E-state index contributed by atoms with van der Waals surface area (Å²) in [7, 11) is 1.62. The van der Waals surface area contributed by atoms with E-state index in [1.165, 1.54) is 5.56 Å². The van der Waals surface area contributed by atoms with E-state index in [0.717, 1.165) is 23.4 Å². The highest BCUT2D eigenvalue weighted by Crippen LogP contribution is 2.26. The number of methoxy groups -OCH3 is 1. The smallest absolute Gasteiger partial charge is 0.124 e. The summed E-state index contributed by atoms with van der Waals surface area (Å²) in [4.78, 5) is 0. The fourth-order valence-corrected chi connectivity index (χ4v) is 2.63. The fourth-order valence-electron chi connectivity index (χ4n) is 2.63. The Labute approximate surface area is 120 Å². The quantitative estimate of drug-likeness (QED) is 0.912. The van der Waals surface area contributed by atoms with Gasteiger partial charge in [-0.25, -0.2) is 0 Å². The molecular formula is C16H22N2O2. The molecule has 1 N–H and O–H groups in total. The highest BCUT2D eigenvalue weighted by Gasteiger charge is 2.17. The Morgan fingerprint density at radius 3 is 2.60 bits per heavy atom. The van der Waals surface area contributed by atoms with Gasteiger partial charge in [0, 0.05) is 11.3 Å². The van der Waals surface area contributed by atoms with Gasteiger partial charge in [-0.15, -0.1) is 0 Å². The molecule has 0 aliphatic carbocycles. The third-order valence-corrected chi connectivity index (χ3v) is 3.73. The van der Waals surface area contributed by atoms with Gasteiger partial charge >= 0.3 is 0 Å². The topological polar surface area (TPSA) is 47.3 Å². The molecule has 0 aliphatic heterocycles. The third-order valence-electron chi connectivity index (χ3n) is 3.73. The van der Waals surface area contributed by atoms with Crippen LogP contribution < -0.4 is 4.74 Å². The minimum Gasteiger partial charge on any atom is -0.496 e. The van der Waals surface area contributed by atoms with E-state index in [1.807, 2.05) is 42.8 Å². The van der Waals surface area contributed by atoms with E-state index in [9.17, 15) is 5.11 Å². The summed E-state index contributed by atoms with van der Waals surface area (Å²) >= 11 is 0.